The second-order valence-electron chi connectivity index (χ2n) is 3.30. The van der Waals surface area contributed by atoms with E-state index in [1.807, 2.05) is 19.1 Å². The van der Waals surface area contributed by atoms with Crippen LogP contribution in [0.25, 0.3) is 0 Å². The van der Waals surface area contributed by atoms with Crippen LogP contribution in [0.15, 0.2) is 16.6 Å². The number of aliphatic hydroxyl groups excluding tert-OH is 1. The van der Waals surface area contributed by atoms with Crippen LogP contribution in [-0.2, 0) is 0 Å². The van der Waals surface area contributed by atoms with E-state index in [9.17, 15) is 5.11 Å². The number of hydrogen-bond donors (Lipinski definition) is 3. The molecule has 1 aromatic carbocycles. The lowest BCUT2D eigenvalue weighted by molar-refractivity contribution is 0.275. The molecule has 0 spiro atoms. The average molecular weight is 260 g/mol. The number of rotatable bonds is 3. The van der Waals surface area contributed by atoms with Gasteiger partial charge >= 0.3 is 0 Å². The van der Waals surface area contributed by atoms with Crippen LogP contribution >= 0.6 is 15.9 Å². The Morgan fingerprint density at radius 2 is 2.14 bits per heavy atom. The van der Waals surface area contributed by atoms with Gasteiger partial charge < -0.3 is 15.9 Å². The van der Waals surface area contributed by atoms with Crippen LogP contribution in [0.1, 0.15) is 23.6 Å². The van der Waals surface area contributed by atoms with E-state index in [2.05, 4.69) is 15.9 Å². The summed E-state index contributed by atoms with van der Waals surface area (Å²) in [6, 6.07) is 3.33. The first-order chi connectivity index (χ1) is 6.56. The van der Waals surface area contributed by atoms with Crippen LogP contribution in [0.4, 0.5) is 0 Å². The molecule has 0 saturated carbocycles. The quantitative estimate of drug-likeness (QED) is 0.776. The van der Waals surface area contributed by atoms with Gasteiger partial charge in [-0.15, -0.1) is 0 Å². The highest BCUT2D eigenvalue weighted by Crippen LogP contribution is 2.33. The van der Waals surface area contributed by atoms with Gasteiger partial charge in [-0.25, -0.2) is 0 Å². The van der Waals surface area contributed by atoms with Gasteiger partial charge in [0, 0.05) is 18.2 Å². The van der Waals surface area contributed by atoms with Gasteiger partial charge in [-0.2, -0.15) is 0 Å². The molecule has 0 saturated heterocycles. The van der Waals surface area contributed by atoms with Gasteiger partial charge in [0.25, 0.3) is 0 Å². The van der Waals surface area contributed by atoms with Gasteiger partial charge in [-0.1, -0.05) is 6.07 Å². The van der Waals surface area contributed by atoms with Crippen molar-refractivity contribution in [3.8, 4) is 5.75 Å². The minimum atomic E-state index is -0.323. The zero-order chi connectivity index (χ0) is 10.7. The second kappa shape index (κ2) is 4.77. The fourth-order valence-electron chi connectivity index (χ4n) is 1.34. The molecule has 1 atom stereocenters. The predicted molar refractivity (Wildman–Crippen MR) is 59.2 cm³/mol. The van der Waals surface area contributed by atoms with Crippen molar-refractivity contribution in [2.24, 2.45) is 5.73 Å². The number of aromatic hydroxyl groups is 1. The van der Waals surface area contributed by atoms with Crippen molar-refractivity contribution >= 4 is 15.9 Å². The van der Waals surface area contributed by atoms with Gasteiger partial charge in [0.05, 0.1) is 4.47 Å². The Kier molecular flexibility index (Phi) is 3.92. The fraction of sp³-hybridized carbons (Fsp3) is 0.400. The Bertz CT molecular complexity index is 328. The van der Waals surface area contributed by atoms with Crippen molar-refractivity contribution in [3.63, 3.8) is 0 Å². The standard InChI is InChI=1S/C10H14BrNO2/c1-6-4-7(9(12)2-3-13)10(14)8(11)5-6/h4-5,9,13-14H,2-3,12H2,1H3/t9-/m0/s1. The third-order valence-electron chi connectivity index (χ3n) is 2.08. The van der Waals surface area contributed by atoms with Crippen molar-refractivity contribution in [1.29, 1.82) is 0 Å². The maximum absolute atomic E-state index is 9.71. The van der Waals surface area contributed by atoms with E-state index >= 15 is 0 Å². The van der Waals surface area contributed by atoms with Gasteiger partial charge in [0.1, 0.15) is 5.75 Å². The largest absolute Gasteiger partial charge is 0.506 e. The molecule has 3 nitrogen and oxygen atoms in total. The first-order valence-corrected chi connectivity index (χ1v) is 5.21. The maximum Gasteiger partial charge on any atom is 0.134 e. The number of aryl methyl sites for hydroxylation is 1. The Balaban J connectivity index is 3.07. The molecule has 0 radical (unpaired) electrons. The molecule has 0 fully saturated rings. The molecule has 78 valence electrons. The van der Waals surface area contributed by atoms with Crippen LogP contribution < -0.4 is 5.73 Å². The molecule has 0 bridgehead atoms. The van der Waals surface area contributed by atoms with E-state index in [1.54, 1.807) is 0 Å². The molecule has 14 heavy (non-hydrogen) atoms. The summed E-state index contributed by atoms with van der Waals surface area (Å²) in [7, 11) is 0. The average Bonchev–Trinajstić information content (AvgIpc) is 2.11. The van der Waals surface area contributed by atoms with Gasteiger partial charge in [0.2, 0.25) is 0 Å². The zero-order valence-corrected chi connectivity index (χ0v) is 9.58. The molecule has 0 aliphatic heterocycles. The first kappa shape index (κ1) is 11.5. The van der Waals surface area contributed by atoms with E-state index < -0.39 is 0 Å². The summed E-state index contributed by atoms with van der Waals surface area (Å²) in [5, 5.41) is 18.5. The number of nitrogens with two attached hydrogens (primary N) is 1. The molecule has 1 aromatic rings. The Labute approximate surface area is 91.7 Å². The maximum atomic E-state index is 9.71. The molecule has 0 aliphatic carbocycles. The van der Waals surface area contributed by atoms with Crippen molar-refractivity contribution in [2.45, 2.75) is 19.4 Å². The van der Waals surface area contributed by atoms with Crippen molar-refractivity contribution in [2.75, 3.05) is 6.61 Å². The number of halogens is 1. The van der Waals surface area contributed by atoms with E-state index in [0.717, 1.165) is 5.56 Å². The summed E-state index contributed by atoms with van der Waals surface area (Å²) in [5.74, 6) is 0.163. The van der Waals surface area contributed by atoms with Crippen molar-refractivity contribution in [3.05, 3.63) is 27.7 Å². The molecule has 4 heteroatoms. The lowest BCUT2D eigenvalue weighted by Crippen LogP contribution is -2.12. The van der Waals surface area contributed by atoms with Crippen molar-refractivity contribution in [1.82, 2.24) is 0 Å². The summed E-state index contributed by atoms with van der Waals surface area (Å²) in [4.78, 5) is 0. The van der Waals surface area contributed by atoms with Crippen LogP contribution in [-0.4, -0.2) is 16.8 Å². The van der Waals surface area contributed by atoms with E-state index in [1.165, 1.54) is 0 Å². The lowest BCUT2D eigenvalue weighted by atomic mass is 10.0. The van der Waals surface area contributed by atoms with E-state index in [4.69, 9.17) is 10.8 Å². The fourth-order valence-corrected chi connectivity index (χ4v) is 1.93. The smallest absolute Gasteiger partial charge is 0.134 e. The molecular formula is C10H14BrNO2. The van der Waals surface area contributed by atoms with Crippen LogP contribution in [0.2, 0.25) is 0 Å². The number of benzene rings is 1. The van der Waals surface area contributed by atoms with Crippen LogP contribution in [0.5, 0.6) is 5.75 Å². The Hall–Kier alpha value is -0.580. The summed E-state index contributed by atoms with van der Waals surface area (Å²) < 4.78 is 0.640. The Morgan fingerprint density at radius 3 is 2.71 bits per heavy atom. The van der Waals surface area contributed by atoms with Gasteiger partial charge in [-0.3, -0.25) is 0 Å². The van der Waals surface area contributed by atoms with E-state index in [0.29, 0.717) is 16.5 Å². The lowest BCUT2D eigenvalue weighted by Gasteiger charge is -2.14. The molecule has 0 aromatic heterocycles. The Morgan fingerprint density at radius 1 is 1.50 bits per heavy atom. The summed E-state index contributed by atoms with van der Waals surface area (Å²) in [5.41, 5.74) is 7.50. The predicted octanol–water partition coefficient (Wildman–Crippen LogP) is 1.85. The highest BCUT2D eigenvalue weighted by Gasteiger charge is 2.13. The first-order valence-electron chi connectivity index (χ1n) is 4.41. The molecular weight excluding hydrogens is 246 g/mol. The highest BCUT2D eigenvalue weighted by atomic mass is 79.9. The van der Waals surface area contributed by atoms with Crippen LogP contribution in [0.3, 0.4) is 0 Å². The highest BCUT2D eigenvalue weighted by molar-refractivity contribution is 9.10. The zero-order valence-electron chi connectivity index (χ0n) is 8.00. The molecule has 1 rings (SSSR count). The number of aliphatic hydroxyl groups is 1. The topological polar surface area (TPSA) is 66.5 Å². The van der Waals surface area contributed by atoms with Crippen molar-refractivity contribution < 1.29 is 10.2 Å². The number of phenolic OH excluding ortho intramolecular Hbond substituents is 1. The molecule has 0 amide bonds. The second-order valence-corrected chi connectivity index (χ2v) is 4.16. The number of hydrogen-bond acceptors (Lipinski definition) is 3. The summed E-state index contributed by atoms with van der Waals surface area (Å²) in [6.45, 7) is 1.95. The van der Waals surface area contributed by atoms with Gasteiger partial charge in [0.15, 0.2) is 0 Å². The van der Waals surface area contributed by atoms with Gasteiger partial charge in [-0.05, 0) is 40.9 Å². The molecule has 0 heterocycles. The normalized spacial score (nSPS) is 12.9. The molecule has 4 N–H and O–H groups in total. The summed E-state index contributed by atoms with van der Waals surface area (Å²) >= 11 is 3.25. The SMILES string of the molecule is Cc1cc(Br)c(O)c([C@@H](N)CCO)c1. The molecule has 0 aliphatic rings. The summed E-state index contributed by atoms with van der Waals surface area (Å²) in [6.07, 6.45) is 0.448. The number of phenols is 1. The third kappa shape index (κ3) is 2.47. The van der Waals surface area contributed by atoms with E-state index in [-0.39, 0.29) is 18.4 Å². The minimum absolute atomic E-state index is 0.0200. The van der Waals surface area contributed by atoms with Crippen LogP contribution in [0, 0.1) is 6.92 Å². The monoisotopic (exact) mass is 259 g/mol. The molecule has 0 unspecified atom stereocenters. The third-order valence-corrected chi connectivity index (χ3v) is 2.68. The minimum Gasteiger partial charge on any atom is -0.506 e.